The van der Waals surface area contributed by atoms with E-state index < -0.39 is 11.7 Å². The number of nitrogens with one attached hydrogen (secondary N) is 1. The molecule has 1 fully saturated rings. The molecule has 2 aromatic rings. The molecule has 30 heavy (non-hydrogen) atoms. The molecule has 0 unspecified atom stereocenters. The van der Waals surface area contributed by atoms with Gasteiger partial charge >= 0.3 is 6.18 Å². The van der Waals surface area contributed by atoms with Crippen molar-refractivity contribution in [1.82, 2.24) is 15.1 Å². The van der Waals surface area contributed by atoms with Gasteiger partial charge in [-0.2, -0.15) is 13.2 Å². The number of carbonyl (C=O) groups excluding carboxylic acids is 2. The Bertz CT molecular complexity index is 846. The standard InChI is InChI=1S/C22H24F3N3O2/c23-22(24,25)19-8-6-17(7-9-19)16-27-12-14-28(15-13-27)20(29)10-11-26-21(30)18-4-2-1-3-5-18/h1-9H,10-16H2,(H,26,30). The molecule has 0 radical (unpaired) electrons. The van der Waals surface area contributed by atoms with E-state index in [1.165, 1.54) is 12.1 Å². The predicted octanol–water partition coefficient (Wildman–Crippen LogP) is 3.17. The number of carbonyl (C=O) groups is 2. The van der Waals surface area contributed by atoms with Gasteiger partial charge in [-0.25, -0.2) is 0 Å². The van der Waals surface area contributed by atoms with E-state index in [-0.39, 0.29) is 24.8 Å². The lowest BCUT2D eigenvalue weighted by molar-refractivity contribution is -0.137. The second-order valence-electron chi connectivity index (χ2n) is 7.22. The zero-order valence-electron chi connectivity index (χ0n) is 16.5. The Labute approximate surface area is 173 Å². The molecule has 0 atom stereocenters. The van der Waals surface area contributed by atoms with Gasteiger partial charge in [-0.3, -0.25) is 14.5 Å². The molecule has 0 saturated carbocycles. The van der Waals surface area contributed by atoms with Gasteiger partial charge < -0.3 is 10.2 Å². The van der Waals surface area contributed by atoms with Gasteiger partial charge in [0.15, 0.2) is 0 Å². The summed E-state index contributed by atoms with van der Waals surface area (Å²) in [4.78, 5) is 28.2. The maximum atomic E-state index is 12.6. The number of hydrogen-bond donors (Lipinski definition) is 1. The smallest absolute Gasteiger partial charge is 0.352 e. The summed E-state index contributed by atoms with van der Waals surface area (Å²) in [6.45, 7) is 3.26. The summed E-state index contributed by atoms with van der Waals surface area (Å²) >= 11 is 0. The number of alkyl halides is 3. The molecule has 2 amide bonds. The SMILES string of the molecule is O=C(NCCC(=O)N1CCN(Cc2ccc(C(F)(F)F)cc2)CC1)c1ccccc1. The van der Waals surface area contributed by atoms with Crippen LogP contribution in [0.1, 0.15) is 27.9 Å². The molecule has 3 rings (SSSR count). The van der Waals surface area contributed by atoms with Crippen molar-refractivity contribution in [2.45, 2.75) is 19.1 Å². The molecule has 5 nitrogen and oxygen atoms in total. The molecule has 1 heterocycles. The first-order chi connectivity index (χ1) is 14.3. The number of halogens is 3. The van der Waals surface area contributed by atoms with Gasteiger partial charge in [0.25, 0.3) is 5.91 Å². The van der Waals surface area contributed by atoms with Gasteiger partial charge in [-0.05, 0) is 29.8 Å². The largest absolute Gasteiger partial charge is 0.416 e. The maximum absolute atomic E-state index is 12.6. The summed E-state index contributed by atoms with van der Waals surface area (Å²) in [7, 11) is 0. The quantitative estimate of drug-likeness (QED) is 0.783. The monoisotopic (exact) mass is 419 g/mol. The van der Waals surface area contributed by atoms with Crippen LogP contribution in [0.4, 0.5) is 13.2 Å². The number of rotatable bonds is 6. The Morgan fingerprint density at radius 3 is 2.13 bits per heavy atom. The number of nitrogens with zero attached hydrogens (tertiary/aromatic N) is 2. The van der Waals surface area contributed by atoms with Gasteiger partial charge in [0.2, 0.25) is 5.91 Å². The van der Waals surface area contributed by atoms with Crippen LogP contribution in [-0.4, -0.2) is 54.3 Å². The van der Waals surface area contributed by atoms with E-state index >= 15 is 0 Å². The topological polar surface area (TPSA) is 52.7 Å². The highest BCUT2D eigenvalue weighted by molar-refractivity contribution is 5.94. The zero-order valence-corrected chi connectivity index (χ0v) is 16.5. The summed E-state index contributed by atoms with van der Waals surface area (Å²) in [5.41, 5.74) is 0.717. The van der Waals surface area contributed by atoms with Gasteiger partial charge in [-0.15, -0.1) is 0 Å². The third-order valence-electron chi connectivity index (χ3n) is 5.07. The maximum Gasteiger partial charge on any atom is 0.416 e. The first kappa shape index (κ1) is 21.8. The van der Waals surface area contributed by atoms with Crippen molar-refractivity contribution in [3.05, 3.63) is 71.3 Å². The molecule has 1 N–H and O–H groups in total. The Hall–Kier alpha value is -2.87. The van der Waals surface area contributed by atoms with Gasteiger partial charge in [0.1, 0.15) is 0 Å². The summed E-state index contributed by atoms with van der Waals surface area (Å²) in [5.74, 6) is -0.220. The Morgan fingerprint density at radius 1 is 0.900 bits per heavy atom. The van der Waals surface area contributed by atoms with Crippen LogP contribution in [0.3, 0.4) is 0 Å². The van der Waals surface area contributed by atoms with Crippen LogP contribution in [0.15, 0.2) is 54.6 Å². The zero-order chi connectivity index (χ0) is 21.6. The summed E-state index contributed by atoms with van der Waals surface area (Å²) in [6.07, 6.45) is -4.09. The van der Waals surface area contributed by atoms with Crippen LogP contribution in [0.25, 0.3) is 0 Å². The van der Waals surface area contributed by atoms with Crippen molar-refractivity contribution in [2.24, 2.45) is 0 Å². The molecule has 0 aromatic heterocycles. The average molecular weight is 419 g/mol. The van der Waals surface area contributed by atoms with Gasteiger partial charge in [0, 0.05) is 51.3 Å². The fourth-order valence-corrected chi connectivity index (χ4v) is 3.35. The third kappa shape index (κ3) is 6.06. The third-order valence-corrected chi connectivity index (χ3v) is 5.07. The lowest BCUT2D eigenvalue weighted by Crippen LogP contribution is -2.48. The first-order valence-corrected chi connectivity index (χ1v) is 9.82. The molecule has 1 saturated heterocycles. The molecular formula is C22H24F3N3O2. The van der Waals surface area contributed by atoms with Crippen LogP contribution in [0, 0.1) is 0 Å². The average Bonchev–Trinajstić information content (AvgIpc) is 2.74. The molecule has 0 aliphatic carbocycles. The Kier molecular flexibility index (Phi) is 7.10. The van der Waals surface area contributed by atoms with Gasteiger partial charge in [0.05, 0.1) is 5.56 Å². The molecule has 1 aliphatic heterocycles. The van der Waals surface area contributed by atoms with E-state index in [4.69, 9.17) is 0 Å². The van der Waals surface area contributed by atoms with Gasteiger partial charge in [-0.1, -0.05) is 30.3 Å². The van der Waals surface area contributed by atoms with Crippen LogP contribution in [-0.2, 0) is 17.5 Å². The minimum atomic E-state index is -4.33. The van der Waals surface area contributed by atoms with E-state index in [1.54, 1.807) is 29.2 Å². The highest BCUT2D eigenvalue weighted by Gasteiger charge is 2.30. The van der Waals surface area contributed by atoms with Crippen molar-refractivity contribution in [3.8, 4) is 0 Å². The predicted molar refractivity (Wildman–Crippen MR) is 107 cm³/mol. The van der Waals surface area contributed by atoms with E-state index in [2.05, 4.69) is 10.2 Å². The number of piperazine rings is 1. The van der Waals surface area contributed by atoms with Crippen molar-refractivity contribution in [2.75, 3.05) is 32.7 Å². The van der Waals surface area contributed by atoms with E-state index in [0.717, 1.165) is 17.7 Å². The number of hydrogen-bond acceptors (Lipinski definition) is 3. The molecule has 0 bridgehead atoms. The van der Waals surface area contributed by atoms with Crippen molar-refractivity contribution >= 4 is 11.8 Å². The van der Waals surface area contributed by atoms with E-state index in [0.29, 0.717) is 38.3 Å². The van der Waals surface area contributed by atoms with E-state index in [1.807, 2.05) is 6.07 Å². The Balaban J connectivity index is 1.38. The van der Waals surface area contributed by atoms with Crippen LogP contribution >= 0.6 is 0 Å². The number of benzene rings is 2. The fraction of sp³-hybridized carbons (Fsp3) is 0.364. The molecule has 8 heteroatoms. The first-order valence-electron chi connectivity index (χ1n) is 9.82. The van der Waals surface area contributed by atoms with Crippen molar-refractivity contribution in [1.29, 1.82) is 0 Å². The van der Waals surface area contributed by atoms with Crippen LogP contribution in [0.5, 0.6) is 0 Å². The second-order valence-corrected chi connectivity index (χ2v) is 7.22. The lowest BCUT2D eigenvalue weighted by atomic mass is 10.1. The van der Waals surface area contributed by atoms with Crippen LogP contribution in [0.2, 0.25) is 0 Å². The normalized spacial score (nSPS) is 15.1. The summed E-state index contributed by atoms with van der Waals surface area (Å²) in [5, 5.41) is 2.75. The van der Waals surface area contributed by atoms with Crippen molar-refractivity contribution in [3.63, 3.8) is 0 Å². The van der Waals surface area contributed by atoms with Crippen LogP contribution < -0.4 is 5.32 Å². The summed E-state index contributed by atoms with van der Waals surface area (Å²) < 4.78 is 37.9. The molecular weight excluding hydrogens is 395 g/mol. The second kappa shape index (κ2) is 9.75. The minimum absolute atomic E-state index is 0.0162. The molecule has 2 aromatic carbocycles. The highest BCUT2D eigenvalue weighted by Crippen LogP contribution is 2.29. The van der Waals surface area contributed by atoms with E-state index in [9.17, 15) is 22.8 Å². The lowest BCUT2D eigenvalue weighted by Gasteiger charge is -2.35. The Morgan fingerprint density at radius 2 is 1.53 bits per heavy atom. The highest BCUT2D eigenvalue weighted by atomic mass is 19.4. The molecule has 1 aliphatic rings. The number of amides is 2. The minimum Gasteiger partial charge on any atom is -0.352 e. The molecule has 160 valence electrons. The summed E-state index contributed by atoms with van der Waals surface area (Å²) in [6, 6.07) is 14.0. The molecule has 0 spiro atoms. The fourth-order valence-electron chi connectivity index (χ4n) is 3.35. The van der Waals surface area contributed by atoms with Crippen molar-refractivity contribution < 1.29 is 22.8 Å².